The third-order valence-corrected chi connectivity index (χ3v) is 7.79. The second-order valence-electron chi connectivity index (χ2n) is 9.91. The van der Waals surface area contributed by atoms with Gasteiger partial charge in [-0.3, -0.25) is 4.79 Å². The second kappa shape index (κ2) is 8.95. The standard InChI is InChI=1S/C24H35ClN2O2/c1-2-26-14-20(28)5-3-16-4-6-22(25)21(10-16)23(29)27-15-24-11-17-7-18(12-24)9-19(8-17)13-24/h4,6,10,17-20,26,28H,2-3,5,7-9,11-15H2,1H3,(H,27,29). The molecule has 5 rings (SSSR count). The van der Waals surface area contributed by atoms with Crippen molar-refractivity contribution >= 4 is 17.5 Å². The molecule has 1 atom stereocenters. The van der Waals surface area contributed by atoms with Crippen LogP contribution in [-0.4, -0.2) is 36.8 Å². The Morgan fingerprint density at radius 1 is 1.21 bits per heavy atom. The van der Waals surface area contributed by atoms with Crippen molar-refractivity contribution in [3.05, 3.63) is 34.3 Å². The number of aliphatic hydroxyl groups is 1. The van der Waals surface area contributed by atoms with Crippen molar-refractivity contribution in [2.75, 3.05) is 19.6 Å². The van der Waals surface area contributed by atoms with Crippen LogP contribution >= 0.6 is 11.6 Å². The van der Waals surface area contributed by atoms with Gasteiger partial charge in [-0.05, 0) is 98.8 Å². The van der Waals surface area contributed by atoms with Crippen LogP contribution in [0.5, 0.6) is 0 Å². The Labute approximate surface area is 179 Å². The van der Waals surface area contributed by atoms with E-state index in [-0.39, 0.29) is 12.0 Å². The van der Waals surface area contributed by atoms with E-state index < -0.39 is 0 Å². The molecule has 29 heavy (non-hydrogen) atoms. The van der Waals surface area contributed by atoms with Gasteiger partial charge in [0.05, 0.1) is 16.7 Å². The quantitative estimate of drug-likeness (QED) is 0.563. The molecular weight excluding hydrogens is 384 g/mol. The summed E-state index contributed by atoms with van der Waals surface area (Å²) in [7, 11) is 0. The number of benzene rings is 1. The van der Waals surface area contributed by atoms with E-state index in [1.807, 2.05) is 25.1 Å². The van der Waals surface area contributed by atoms with Crippen LogP contribution in [0.25, 0.3) is 0 Å². The van der Waals surface area contributed by atoms with Gasteiger partial charge in [-0.25, -0.2) is 0 Å². The number of carbonyl (C=O) groups excluding carboxylic acids is 1. The fourth-order valence-electron chi connectivity index (χ4n) is 6.52. The zero-order valence-electron chi connectivity index (χ0n) is 17.6. The summed E-state index contributed by atoms with van der Waals surface area (Å²) < 4.78 is 0. The number of amides is 1. The van der Waals surface area contributed by atoms with Crippen molar-refractivity contribution in [3.63, 3.8) is 0 Å². The molecule has 4 aliphatic carbocycles. The molecule has 4 nitrogen and oxygen atoms in total. The predicted octanol–water partition coefficient (Wildman–Crippen LogP) is 4.19. The number of nitrogens with one attached hydrogen (secondary N) is 2. The molecule has 1 aromatic rings. The minimum absolute atomic E-state index is 0.0548. The van der Waals surface area contributed by atoms with Gasteiger partial charge in [0.2, 0.25) is 0 Å². The van der Waals surface area contributed by atoms with Crippen LogP contribution < -0.4 is 10.6 Å². The highest BCUT2D eigenvalue weighted by molar-refractivity contribution is 6.33. The minimum Gasteiger partial charge on any atom is -0.392 e. The van der Waals surface area contributed by atoms with E-state index in [9.17, 15) is 9.90 Å². The zero-order valence-corrected chi connectivity index (χ0v) is 18.3. The molecule has 4 aliphatic rings. The molecule has 4 fully saturated rings. The number of aryl methyl sites for hydroxylation is 1. The predicted molar refractivity (Wildman–Crippen MR) is 117 cm³/mol. The Hall–Kier alpha value is -1.10. The first-order valence-electron chi connectivity index (χ1n) is 11.4. The lowest BCUT2D eigenvalue weighted by Gasteiger charge is -2.56. The first kappa shape index (κ1) is 21.1. The number of aliphatic hydroxyl groups excluding tert-OH is 1. The maximum absolute atomic E-state index is 12.9. The lowest BCUT2D eigenvalue weighted by atomic mass is 9.49. The van der Waals surface area contributed by atoms with Crippen LogP contribution in [0.1, 0.15) is 67.8 Å². The van der Waals surface area contributed by atoms with Crippen molar-refractivity contribution in [1.29, 1.82) is 0 Å². The molecule has 0 saturated heterocycles. The van der Waals surface area contributed by atoms with Gasteiger partial charge in [-0.1, -0.05) is 24.6 Å². The molecule has 0 spiro atoms. The smallest absolute Gasteiger partial charge is 0.252 e. The fraction of sp³-hybridized carbons (Fsp3) is 0.708. The number of likely N-dealkylation sites (N-methyl/N-ethyl adjacent to an activating group) is 1. The number of halogens is 1. The van der Waals surface area contributed by atoms with Crippen molar-refractivity contribution in [1.82, 2.24) is 10.6 Å². The Kier molecular flexibility index (Phi) is 6.53. The van der Waals surface area contributed by atoms with Crippen molar-refractivity contribution in [3.8, 4) is 0 Å². The molecule has 5 heteroatoms. The molecule has 0 heterocycles. The lowest BCUT2D eigenvalue weighted by molar-refractivity contribution is -0.0503. The highest BCUT2D eigenvalue weighted by Crippen LogP contribution is 2.59. The van der Waals surface area contributed by atoms with Gasteiger partial charge in [-0.2, -0.15) is 0 Å². The topological polar surface area (TPSA) is 61.4 Å². The SMILES string of the molecule is CCNCC(O)CCc1ccc(Cl)c(C(=O)NCC23CC4CC(CC(C4)C2)C3)c1. The van der Waals surface area contributed by atoms with E-state index in [0.717, 1.165) is 42.8 Å². The summed E-state index contributed by atoms with van der Waals surface area (Å²) in [6, 6.07) is 5.67. The molecule has 1 aromatic carbocycles. The lowest BCUT2D eigenvalue weighted by Crippen LogP contribution is -2.51. The molecule has 4 bridgehead atoms. The maximum atomic E-state index is 12.9. The molecule has 0 aromatic heterocycles. The van der Waals surface area contributed by atoms with Crippen LogP contribution in [0, 0.1) is 23.2 Å². The summed E-state index contributed by atoms with van der Waals surface area (Å²) in [5.74, 6) is 2.61. The van der Waals surface area contributed by atoms with Crippen LogP contribution in [0.2, 0.25) is 5.02 Å². The van der Waals surface area contributed by atoms with E-state index in [4.69, 9.17) is 11.6 Å². The highest BCUT2D eigenvalue weighted by atomic mass is 35.5. The molecule has 4 saturated carbocycles. The monoisotopic (exact) mass is 418 g/mol. The van der Waals surface area contributed by atoms with Gasteiger partial charge in [0.1, 0.15) is 0 Å². The summed E-state index contributed by atoms with van der Waals surface area (Å²) in [4.78, 5) is 12.9. The van der Waals surface area contributed by atoms with Crippen LogP contribution in [0.15, 0.2) is 18.2 Å². The Balaban J connectivity index is 1.35. The van der Waals surface area contributed by atoms with Crippen molar-refractivity contribution in [2.24, 2.45) is 23.2 Å². The van der Waals surface area contributed by atoms with Crippen LogP contribution in [0.4, 0.5) is 0 Å². The number of rotatable bonds is 9. The Morgan fingerprint density at radius 3 is 2.48 bits per heavy atom. The largest absolute Gasteiger partial charge is 0.392 e. The maximum Gasteiger partial charge on any atom is 0.252 e. The summed E-state index contributed by atoms with van der Waals surface area (Å²) in [6.07, 6.45) is 9.15. The molecule has 1 amide bonds. The number of hydrogen-bond donors (Lipinski definition) is 3. The van der Waals surface area contributed by atoms with Gasteiger partial charge in [0, 0.05) is 13.1 Å². The average Bonchev–Trinajstić information content (AvgIpc) is 2.69. The highest BCUT2D eigenvalue weighted by Gasteiger charge is 2.50. The van der Waals surface area contributed by atoms with Gasteiger partial charge >= 0.3 is 0 Å². The van der Waals surface area contributed by atoms with Gasteiger partial charge < -0.3 is 15.7 Å². The van der Waals surface area contributed by atoms with Crippen LogP contribution in [0.3, 0.4) is 0 Å². The first-order chi connectivity index (χ1) is 14.0. The molecule has 0 radical (unpaired) electrons. The summed E-state index contributed by atoms with van der Waals surface area (Å²) >= 11 is 6.36. The zero-order chi connectivity index (χ0) is 20.4. The van der Waals surface area contributed by atoms with E-state index in [0.29, 0.717) is 29.0 Å². The Morgan fingerprint density at radius 2 is 1.86 bits per heavy atom. The number of carbonyl (C=O) groups is 1. The molecule has 160 valence electrons. The van der Waals surface area contributed by atoms with E-state index in [1.165, 1.54) is 38.5 Å². The Bertz CT molecular complexity index is 700. The van der Waals surface area contributed by atoms with Crippen LogP contribution in [-0.2, 0) is 6.42 Å². The summed E-state index contributed by atoms with van der Waals surface area (Å²) in [6.45, 7) is 4.27. The average molecular weight is 419 g/mol. The number of hydrogen-bond acceptors (Lipinski definition) is 3. The van der Waals surface area contributed by atoms with E-state index >= 15 is 0 Å². The molecule has 3 N–H and O–H groups in total. The summed E-state index contributed by atoms with van der Waals surface area (Å²) in [5.41, 5.74) is 1.94. The van der Waals surface area contributed by atoms with E-state index in [2.05, 4.69) is 10.6 Å². The molecule has 1 unspecified atom stereocenters. The fourth-order valence-corrected chi connectivity index (χ4v) is 6.72. The molecular formula is C24H35ClN2O2. The second-order valence-corrected chi connectivity index (χ2v) is 10.3. The van der Waals surface area contributed by atoms with Crippen molar-refractivity contribution in [2.45, 2.75) is 64.4 Å². The van der Waals surface area contributed by atoms with Gasteiger partial charge in [-0.15, -0.1) is 0 Å². The van der Waals surface area contributed by atoms with Gasteiger partial charge in [0.25, 0.3) is 5.91 Å². The first-order valence-corrected chi connectivity index (χ1v) is 11.8. The van der Waals surface area contributed by atoms with Gasteiger partial charge in [0.15, 0.2) is 0 Å². The van der Waals surface area contributed by atoms with E-state index in [1.54, 1.807) is 0 Å². The minimum atomic E-state index is -0.376. The normalized spacial score (nSPS) is 31.1. The molecule has 0 aliphatic heterocycles. The third-order valence-electron chi connectivity index (χ3n) is 7.46. The third kappa shape index (κ3) is 4.98. The summed E-state index contributed by atoms with van der Waals surface area (Å²) in [5, 5.41) is 16.9. The van der Waals surface area contributed by atoms with Crippen molar-refractivity contribution < 1.29 is 9.90 Å².